The molecule has 2 aliphatic heterocycles. The van der Waals surface area contributed by atoms with Crippen LogP contribution >= 0.6 is 0 Å². The molecule has 2 aromatic carbocycles. The van der Waals surface area contributed by atoms with Crippen molar-refractivity contribution in [1.29, 1.82) is 0 Å². The minimum absolute atomic E-state index is 0.151. The lowest BCUT2D eigenvalue weighted by molar-refractivity contribution is 0.292. The molecule has 3 heterocycles. The maximum Gasteiger partial charge on any atom is 0.261 e. The molecule has 138 valence electrons. The van der Waals surface area contributed by atoms with Gasteiger partial charge in [-0.3, -0.25) is 14.3 Å². The van der Waals surface area contributed by atoms with Crippen LogP contribution in [-0.4, -0.2) is 46.7 Å². The highest BCUT2D eigenvalue weighted by Gasteiger charge is 2.41. The van der Waals surface area contributed by atoms with Crippen LogP contribution < -0.4 is 10.5 Å². The number of piperazine rings is 1. The number of likely N-dealkylation sites (tertiary alicyclic amines) is 1. The molecule has 1 aromatic heterocycles. The average Bonchev–Trinajstić information content (AvgIpc) is 3.24. The van der Waals surface area contributed by atoms with Gasteiger partial charge in [-0.2, -0.15) is 0 Å². The quantitative estimate of drug-likeness (QED) is 0.701. The van der Waals surface area contributed by atoms with Crippen LogP contribution in [0.15, 0.2) is 47.3 Å². The average molecular weight is 364 g/mol. The molecule has 0 saturated carbocycles. The summed E-state index contributed by atoms with van der Waals surface area (Å²) in [6, 6.07) is 13.4. The number of anilines is 1. The van der Waals surface area contributed by atoms with Crippen molar-refractivity contribution in [3.8, 4) is 11.4 Å². The first-order valence-corrected chi connectivity index (χ1v) is 9.25. The van der Waals surface area contributed by atoms with Crippen LogP contribution in [-0.2, 0) is 7.05 Å². The standard InChI is InChI=1S/C21H21FN4O/c1-24-11-15-9-14(24)12-26(15)13-7-8-19-17(10-13)21(27)25(2)20(23-19)16-5-3-4-6-18(16)22/h3-8,10,14-15H,9,11-12H2,1-2H3/t14-,15-/m0/s1. The van der Waals surface area contributed by atoms with E-state index in [2.05, 4.69) is 21.8 Å². The number of rotatable bonds is 2. The molecule has 0 N–H and O–H groups in total. The van der Waals surface area contributed by atoms with Gasteiger partial charge in [-0.25, -0.2) is 9.37 Å². The van der Waals surface area contributed by atoms with Crippen LogP contribution in [0.5, 0.6) is 0 Å². The van der Waals surface area contributed by atoms with Crippen LogP contribution in [0.3, 0.4) is 0 Å². The highest BCUT2D eigenvalue weighted by atomic mass is 19.1. The Morgan fingerprint density at radius 2 is 1.89 bits per heavy atom. The maximum atomic E-state index is 14.2. The van der Waals surface area contributed by atoms with E-state index in [4.69, 9.17) is 0 Å². The summed E-state index contributed by atoms with van der Waals surface area (Å²) in [4.78, 5) is 22.4. The van der Waals surface area contributed by atoms with E-state index in [0.717, 1.165) is 18.8 Å². The Morgan fingerprint density at radius 3 is 2.59 bits per heavy atom. The molecule has 5 nitrogen and oxygen atoms in total. The van der Waals surface area contributed by atoms with Gasteiger partial charge in [0.15, 0.2) is 0 Å². The van der Waals surface area contributed by atoms with E-state index in [-0.39, 0.29) is 11.4 Å². The van der Waals surface area contributed by atoms with Crippen molar-refractivity contribution in [3.63, 3.8) is 0 Å². The van der Waals surface area contributed by atoms with Crippen LogP contribution in [0.1, 0.15) is 6.42 Å². The molecule has 0 radical (unpaired) electrons. The van der Waals surface area contributed by atoms with E-state index in [1.807, 2.05) is 18.2 Å². The Kier molecular flexibility index (Phi) is 3.59. The van der Waals surface area contributed by atoms with Crippen molar-refractivity contribution in [1.82, 2.24) is 14.5 Å². The molecule has 6 heteroatoms. The number of fused-ring (bicyclic) bond motifs is 3. The number of halogens is 1. The van der Waals surface area contributed by atoms with Gasteiger partial charge >= 0.3 is 0 Å². The van der Waals surface area contributed by atoms with Gasteiger partial charge in [0.05, 0.1) is 16.5 Å². The van der Waals surface area contributed by atoms with E-state index in [1.54, 1.807) is 25.2 Å². The van der Waals surface area contributed by atoms with Crippen molar-refractivity contribution < 1.29 is 4.39 Å². The van der Waals surface area contributed by atoms with Crippen molar-refractivity contribution in [3.05, 3.63) is 58.6 Å². The topological polar surface area (TPSA) is 41.4 Å². The van der Waals surface area contributed by atoms with Crippen LogP contribution in [0, 0.1) is 5.82 Å². The summed E-state index contributed by atoms with van der Waals surface area (Å²) >= 11 is 0. The first kappa shape index (κ1) is 16.4. The number of likely N-dealkylation sites (N-methyl/N-ethyl adjacent to an activating group) is 1. The van der Waals surface area contributed by atoms with E-state index in [0.29, 0.717) is 34.4 Å². The SMILES string of the molecule is CN1C[C@@H]2C[C@H]1CN2c1ccc2nc(-c3ccccc3F)n(C)c(=O)c2c1. The molecule has 5 rings (SSSR count). The Bertz CT molecular complexity index is 1110. The highest BCUT2D eigenvalue weighted by Crippen LogP contribution is 2.34. The zero-order valence-corrected chi connectivity index (χ0v) is 15.4. The van der Waals surface area contributed by atoms with Gasteiger partial charge in [-0.1, -0.05) is 12.1 Å². The fourth-order valence-corrected chi connectivity index (χ4v) is 4.50. The molecule has 0 amide bonds. The summed E-state index contributed by atoms with van der Waals surface area (Å²) in [7, 11) is 3.82. The minimum atomic E-state index is -0.381. The van der Waals surface area contributed by atoms with Gasteiger partial charge in [0, 0.05) is 37.9 Å². The Labute approximate surface area is 156 Å². The summed E-state index contributed by atoms with van der Waals surface area (Å²) in [5.41, 5.74) is 1.85. The zero-order chi connectivity index (χ0) is 18.7. The van der Waals surface area contributed by atoms with E-state index in [9.17, 15) is 9.18 Å². The number of nitrogens with zero attached hydrogens (tertiary/aromatic N) is 4. The van der Waals surface area contributed by atoms with Gasteiger partial charge in [0.1, 0.15) is 11.6 Å². The molecule has 2 atom stereocenters. The molecule has 2 aliphatic rings. The number of hydrogen-bond acceptors (Lipinski definition) is 4. The Balaban J connectivity index is 1.61. The first-order chi connectivity index (χ1) is 13.0. The normalized spacial score (nSPS) is 22.1. The smallest absolute Gasteiger partial charge is 0.261 e. The van der Waals surface area contributed by atoms with Crippen molar-refractivity contribution in [2.75, 3.05) is 25.0 Å². The molecular formula is C21H21FN4O. The lowest BCUT2D eigenvalue weighted by atomic mass is 10.1. The number of benzene rings is 2. The number of hydrogen-bond donors (Lipinski definition) is 0. The molecule has 2 bridgehead atoms. The monoisotopic (exact) mass is 364 g/mol. The fraction of sp³-hybridized carbons (Fsp3) is 0.333. The lowest BCUT2D eigenvalue weighted by Gasteiger charge is -2.33. The summed E-state index contributed by atoms with van der Waals surface area (Å²) in [6.45, 7) is 2.05. The fourth-order valence-electron chi connectivity index (χ4n) is 4.50. The van der Waals surface area contributed by atoms with Gasteiger partial charge in [0.2, 0.25) is 0 Å². The van der Waals surface area contributed by atoms with Crippen molar-refractivity contribution in [2.24, 2.45) is 7.05 Å². The number of aromatic nitrogens is 2. The third kappa shape index (κ3) is 2.47. The van der Waals surface area contributed by atoms with Crippen LogP contribution in [0.4, 0.5) is 10.1 Å². The van der Waals surface area contributed by atoms with E-state index < -0.39 is 0 Å². The van der Waals surface area contributed by atoms with Gasteiger partial charge in [-0.15, -0.1) is 0 Å². The molecule has 3 aromatic rings. The Hall–Kier alpha value is -2.73. The maximum absolute atomic E-state index is 14.2. The second-order valence-corrected chi connectivity index (χ2v) is 7.62. The van der Waals surface area contributed by atoms with Gasteiger partial charge in [0.25, 0.3) is 5.56 Å². The van der Waals surface area contributed by atoms with E-state index in [1.165, 1.54) is 17.1 Å². The predicted octanol–water partition coefficient (Wildman–Crippen LogP) is 2.63. The summed E-state index contributed by atoms with van der Waals surface area (Å²) in [5, 5.41) is 0.575. The molecule has 2 saturated heterocycles. The predicted molar refractivity (Wildman–Crippen MR) is 105 cm³/mol. The molecule has 0 unspecified atom stereocenters. The second-order valence-electron chi connectivity index (χ2n) is 7.62. The summed E-state index contributed by atoms with van der Waals surface area (Å²) < 4.78 is 15.6. The van der Waals surface area contributed by atoms with Crippen LogP contribution in [0.25, 0.3) is 22.3 Å². The van der Waals surface area contributed by atoms with Crippen molar-refractivity contribution >= 4 is 16.6 Å². The van der Waals surface area contributed by atoms with Gasteiger partial charge < -0.3 is 4.90 Å². The zero-order valence-electron chi connectivity index (χ0n) is 15.4. The molecule has 0 aliphatic carbocycles. The summed E-state index contributed by atoms with van der Waals surface area (Å²) in [6.07, 6.45) is 1.18. The largest absolute Gasteiger partial charge is 0.366 e. The third-order valence-electron chi connectivity index (χ3n) is 6.02. The first-order valence-electron chi connectivity index (χ1n) is 9.25. The van der Waals surface area contributed by atoms with Crippen LogP contribution in [0.2, 0.25) is 0 Å². The van der Waals surface area contributed by atoms with Crippen molar-refractivity contribution in [2.45, 2.75) is 18.5 Å². The second kappa shape index (κ2) is 5.89. The molecule has 2 fully saturated rings. The molecule has 0 spiro atoms. The molecular weight excluding hydrogens is 343 g/mol. The summed E-state index contributed by atoms with van der Waals surface area (Å²) in [5.74, 6) is -0.0339. The minimum Gasteiger partial charge on any atom is -0.366 e. The van der Waals surface area contributed by atoms with E-state index >= 15 is 0 Å². The molecule has 27 heavy (non-hydrogen) atoms. The Morgan fingerprint density at radius 1 is 1.07 bits per heavy atom. The van der Waals surface area contributed by atoms with Gasteiger partial charge in [-0.05, 0) is 43.8 Å². The lowest BCUT2D eigenvalue weighted by Crippen LogP contribution is -2.44. The highest BCUT2D eigenvalue weighted by molar-refractivity contribution is 5.83. The third-order valence-corrected chi connectivity index (χ3v) is 6.02.